The van der Waals surface area contributed by atoms with Gasteiger partial charge in [0.15, 0.2) is 0 Å². The van der Waals surface area contributed by atoms with Crippen molar-refractivity contribution < 1.29 is 9.21 Å². The molecule has 0 saturated carbocycles. The van der Waals surface area contributed by atoms with E-state index < -0.39 is 0 Å². The summed E-state index contributed by atoms with van der Waals surface area (Å²) in [5.41, 5.74) is 0. The molecule has 3 heterocycles. The first kappa shape index (κ1) is 11.0. The fraction of sp³-hybridized carbons (Fsp3) is 0.636. The molecule has 0 aromatic carbocycles. The summed E-state index contributed by atoms with van der Waals surface area (Å²) >= 11 is 5.59. The normalized spacial score (nSPS) is 31.5. The maximum Gasteiger partial charge on any atom is 0.307 e. The van der Waals surface area contributed by atoms with E-state index >= 15 is 0 Å². The molecule has 6 heteroatoms. The zero-order valence-electron chi connectivity index (χ0n) is 9.36. The smallest absolute Gasteiger partial charge is 0.307 e. The molecule has 0 radical (unpaired) electrons. The fourth-order valence-corrected chi connectivity index (χ4v) is 2.89. The Morgan fingerprint density at radius 3 is 3.18 bits per heavy atom. The van der Waals surface area contributed by atoms with Gasteiger partial charge in [-0.1, -0.05) is 0 Å². The molecule has 1 amide bonds. The Hall–Kier alpha value is -1.07. The highest BCUT2D eigenvalue weighted by molar-refractivity contribution is 6.28. The van der Waals surface area contributed by atoms with E-state index in [1.807, 2.05) is 0 Å². The van der Waals surface area contributed by atoms with Crippen molar-refractivity contribution >= 4 is 17.5 Å². The van der Waals surface area contributed by atoms with Crippen molar-refractivity contribution in [3.05, 3.63) is 17.3 Å². The van der Waals surface area contributed by atoms with Gasteiger partial charge in [-0.3, -0.25) is 4.79 Å². The molecule has 1 aromatic heterocycles. The van der Waals surface area contributed by atoms with Crippen LogP contribution in [0.4, 0.5) is 0 Å². The number of carbonyl (C=O) groups is 1. The van der Waals surface area contributed by atoms with E-state index in [-0.39, 0.29) is 23.1 Å². The number of halogens is 1. The second-order valence-corrected chi connectivity index (χ2v) is 5.16. The van der Waals surface area contributed by atoms with Gasteiger partial charge in [0.25, 0.3) is 5.89 Å². The van der Waals surface area contributed by atoms with E-state index in [2.05, 4.69) is 15.2 Å². The molecular weight excluding hydrogens is 242 g/mol. The fourth-order valence-electron chi connectivity index (χ4n) is 2.77. The summed E-state index contributed by atoms with van der Waals surface area (Å²) in [6, 6.07) is 0.203. The zero-order valence-corrected chi connectivity index (χ0v) is 10.1. The maximum atomic E-state index is 11.8. The summed E-state index contributed by atoms with van der Waals surface area (Å²) in [7, 11) is 0. The maximum absolute atomic E-state index is 11.8. The number of amides is 1. The molecule has 3 atom stereocenters. The van der Waals surface area contributed by atoms with Gasteiger partial charge in [-0.25, -0.2) is 4.98 Å². The van der Waals surface area contributed by atoms with Gasteiger partial charge in [-0.2, -0.15) is 0 Å². The van der Waals surface area contributed by atoms with Gasteiger partial charge in [0.05, 0.1) is 6.20 Å². The summed E-state index contributed by atoms with van der Waals surface area (Å²) in [6.45, 7) is 3.26. The Morgan fingerprint density at radius 1 is 1.59 bits per heavy atom. The molecule has 0 spiro atoms. The molecule has 1 aromatic rings. The van der Waals surface area contributed by atoms with Crippen LogP contribution in [0.2, 0.25) is 5.22 Å². The first-order valence-corrected chi connectivity index (χ1v) is 6.23. The average Bonchev–Trinajstić information content (AvgIpc) is 2.85. The molecule has 2 aliphatic rings. The largest absolute Gasteiger partial charge is 0.420 e. The zero-order chi connectivity index (χ0) is 11.8. The van der Waals surface area contributed by atoms with Crippen LogP contribution in [0.3, 0.4) is 0 Å². The number of hydrogen-bond donors (Lipinski definition) is 1. The summed E-state index contributed by atoms with van der Waals surface area (Å²) in [4.78, 5) is 18.0. The summed E-state index contributed by atoms with van der Waals surface area (Å²) < 4.78 is 4.98. The minimum atomic E-state index is -0.274. The van der Waals surface area contributed by atoms with Crippen LogP contribution < -0.4 is 5.32 Å². The van der Waals surface area contributed by atoms with E-state index in [0.717, 1.165) is 25.4 Å². The molecule has 92 valence electrons. The van der Waals surface area contributed by atoms with Crippen LogP contribution in [0.25, 0.3) is 0 Å². The monoisotopic (exact) mass is 255 g/mol. The van der Waals surface area contributed by atoms with E-state index in [9.17, 15) is 4.79 Å². The number of oxazole rings is 1. The highest BCUT2D eigenvalue weighted by atomic mass is 35.5. The van der Waals surface area contributed by atoms with Crippen LogP contribution in [-0.4, -0.2) is 41.5 Å². The van der Waals surface area contributed by atoms with Crippen LogP contribution >= 0.6 is 11.6 Å². The van der Waals surface area contributed by atoms with Crippen molar-refractivity contribution in [3.63, 3.8) is 0 Å². The van der Waals surface area contributed by atoms with Crippen LogP contribution in [0, 0.1) is 5.92 Å². The molecule has 1 N–H and O–H groups in total. The second-order valence-electron chi connectivity index (χ2n) is 4.79. The van der Waals surface area contributed by atoms with E-state index in [0.29, 0.717) is 0 Å². The van der Waals surface area contributed by atoms with Gasteiger partial charge < -0.3 is 14.6 Å². The number of aromatic nitrogens is 1. The first-order chi connectivity index (χ1) is 8.20. The molecule has 17 heavy (non-hydrogen) atoms. The van der Waals surface area contributed by atoms with Crippen molar-refractivity contribution in [1.29, 1.82) is 0 Å². The van der Waals surface area contributed by atoms with Gasteiger partial charge >= 0.3 is 5.91 Å². The highest BCUT2D eigenvalue weighted by Crippen LogP contribution is 2.26. The Labute approximate surface area is 104 Å². The Kier molecular flexibility index (Phi) is 2.80. The van der Waals surface area contributed by atoms with Crippen LogP contribution in [0.15, 0.2) is 10.6 Å². The summed E-state index contributed by atoms with van der Waals surface area (Å²) in [5.74, 6) is 0.495. The van der Waals surface area contributed by atoms with Gasteiger partial charge in [-0.15, -0.1) is 0 Å². The first-order valence-electron chi connectivity index (χ1n) is 5.85. The minimum absolute atomic E-state index is 0.0444. The molecule has 2 aliphatic heterocycles. The lowest BCUT2D eigenvalue weighted by Gasteiger charge is -2.30. The van der Waals surface area contributed by atoms with Crippen molar-refractivity contribution in [2.45, 2.75) is 18.9 Å². The van der Waals surface area contributed by atoms with E-state index in [1.165, 1.54) is 19.2 Å². The molecule has 2 saturated heterocycles. The third-order valence-electron chi connectivity index (χ3n) is 3.47. The van der Waals surface area contributed by atoms with Crippen molar-refractivity contribution in [1.82, 2.24) is 15.2 Å². The lowest BCUT2D eigenvalue weighted by molar-refractivity contribution is 0.0874. The molecule has 3 rings (SSSR count). The SMILES string of the molecule is O=C(N[C@@H]1C[C@@H]2CCN(C2)C1)c1ncc(Cl)o1. The third-order valence-corrected chi connectivity index (χ3v) is 3.65. The van der Waals surface area contributed by atoms with Crippen LogP contribution in [-0.2, 0) is 0 Å². The standard InChI is InChI=1S/C11H14ClN3O2/c12-9-4-13-11(17-9)10(16)14-8-3-7-1-2-15(5-7)6-8/h4,7-8H,1-3,5-6H2,(H,14,16)/t7-,8+/m0/s1. The molecule has 1 unspecified atom stereocenters. The molecule has 2 bridgehead atoms. The Balaban J connectivity index is 1.62. The van der Waals surface area contributed by atoms with Gasteiger partial charge in [-0.05, 0) is 36.9 Å². The predicted octanol–water partition coefficient (Wildman–Crippen LogP) is 1.15. The van der Waals surface area contributed by atoms with E-state index in [4.69, 9.17) is 16.0 Å². The topological polar surface area (TPSA) is 58.4 Å². The lowest BCUT2D eigenvalue weighted by Crippen LogP contribution is -2.47. The van der Waals surface area contributed by atoms with Crippen LogP contribution in [0.1, 0.15) is 23.5 Å². The third kappa shape index (κ3) is 2.30. The second kappa shape index (κ2) is 4.31. The van der Waals surface area contributed by atoms with Gasteiger partial charge in [0, 0.05) is 19.1 Å². The van der Waals surface area contributed by atoms with Gasteiger partial charge in [0.1, 0.15) is 0 Å². The predicted molar refractivity (Wildman–Crippen MR) is 61.9 cm³/mol. The average molecular weight is 256 g/mol. The number of carbonyl (C=O) groups excluding carboxylic acids is 1. The number of rotatable bonds is 2. The summed E-state index contributed by atoms with van der Waals surface area (Å²) in [5, 5.41) is 3.10. The number of nitrogens with one attached hydrogen (secondary N) is 1. The quantitative estimate of drug-likeness (QED) is 0.861. The molecule has 2 fully saturated rings. The molecule has 0 aliphatic carbocycles. The number of hydrogen-bond acceptors (Lipinski definition) is 4. The highest BCUT2D eigenvalue weighted by Gasteiger charge is 2.33. The van der Waals surface area contributed by atoms with E-state index in [1.54, 1.807) is 0 Å². The Bertz CT molecular complexity index is 422. The van der Waals surface area contributed by atoms with Crippen molar-refractivity contribution in [2.75, 3.05) is 19.6 Å². The number of piperidine rings is 1. The molecular formula is C11H14ClN3O2. The van der Waals surface area contributed by atoms with Crippen LogP contribution in [0.5, 0.6) is 0 Å². The summed E-state index contributed by atoms with van der Waals surface area (Å²) in [6.07, 6.45) is 3.64. The van der Waals surface area contributed by atoms with Crippen molar-refractivity contribution in [2.24, 2.45) is 5.92 Å². The number of fused-ring (bicyclic) bond motifs is 2. The van der Waals surface area contributed by atoms with Gasteiger partial charge in [0.2, 0.25) is 5.22 Å². The minimum Gasteiger partial charge on any atom is -0.420 e. The number of nitrogens with zero attached hydrogens (tertiary/aromatic N) is 2. The van der Waals surface area contributed by atoms with Crippen molar-refractivity contribution in [3.8, 4) is 0 Å². The Morgan fingerprint density at radius 2 is 2.47 bits per heavy atom. The molecule has 5 nitrogen and oxygen atoms in total. The lowest BCUT2D eigenvalue weighted by atomic mass is 9.97.